The molecule has 1 aromatic rings. The number of aryl methyl sites for hydroxylation is 2. The van der Waals surface area contributed by atoms with Crippen LogP contribution in [0.1, 0.15) is 31.9 Å². The van der Waals surface area contributed by atoms with Crippen LogP contribution in [-0.4, -0.2) is 22.9 Å². The standard InChI is InChI=1S/C13H22N4/c1-3-17-13(12(14)9(2)15-17)16-7-10-5-4-6-11(10)8-16/h10-11H,3-8,14H2,1-2H3. The molecule has 2 N–H and O–H groups in total. The lowest BCUT2D eigenvalue weighted by Gasteiger charge is -2.21. The Bertz CT molecular complexity index is 411. The molecule has 0 spiro atoms. The normalized spacial score (nSPS) is 27.8. The minimum Gasteiger partial charge on any atom is -0.394 e. The molecule has 2 fully saturated rings. The van der Waals surface area contributed by atoms with Crippen molar-refractivity contribution in [2.75, 3.05) is 23.7 Å². The highest BCUT2D eigenvalue weighted by Gasteiger charge is 2.37. The van der Waals surface area contributed by atoms with Crippen molar-refractivity contribution in [3.05, 3.63) is 5.69 Å². The highest BCUT2D eigenvalue weighted by molar-refractivity contribution is 5.66. The number of nitrogens with zero attached hydrogens (tertiary/aromatic N) is 3. The van der Waals surface area contributed by atoms with Gasteiger partial charge in [-0.15, -0.1) is 0 Å². The summed E-state index contributed by atoms with van der Waals surface area (Å²) in [5.41, 5.74) is 8.04. The molecule has 17 heavy (non-hydrogen) atoms. The Morgan fingerprint density at radius 3 is 2.53 bits per heavy atom. The zero-order chi connectivity index (χ0) is 12.0. The first-order valence-electron chi connectivity index (χ1n) is 6.78. The van der Waals surface area contributed by atoms with Crippen LogP contribution in [-0.2, 0) is 6.54 Å². The topological polar surface area (TPSA) is 47.1 Å². The van der Waals surface area contributed by atoms with Crippen molar-refractivity contribution in [1.29, 1.82) is 0 Å². The van der Waals surface area contributed by atoms with Crippen LogP contribution in [0.2, 0.25) is 0 Å². The summed E-state index contributed by atoms with van der Waals surface area (Å²) in [5.74, 6) is 2.96. The second kappa shape index (κ2) is 3.93. The summed E-state index contributed by atoms with van der Waals surface area (Å²) in [4.78, 5) is 2.47. The molecular weight excluding hydrogens is 212 g/mol. The van der Waals surface area contributed by atoms with Gasteiger partial charge in [0.1, 0.15) is 0 Å². The molecular formula is C13H22N4. The Kier molecular flexibility index (Phi) is 2.53. The zero-order valence-electron chi connectivity index (χ0n) is 10.8. The van der Waals surface area contributed by atoms with Crippen molar-refractivity contribution in [3.8, 4) is 0 Å². The molecule has 1 aromatic heterocycles. The number of nitrogens with two attached hydrogens (primary N) is 1. The van der Waals surface area contributed by atoms with Crippen LogP contribution in [0.15, 0.2) is 0 Å². The lowest BCUT2D eigenvalue weighted by Crippen LogP contribution is -2.24. The van der Waals surface area contributed by atoms with Gasteiger partial charge in [0.25, 0.3) is 0 Å². The number of fused-ring (bicyclic) bond motifs is 1. The van der Waals surface area contributed by atoms with Crippen molar-refractivity contribution < 1.29 is 0 Å². The van der Waals surface area contributed by atoms with E-state index < -0.39 is 0 Å². The molecule has 1 saturated heterocycles. The molecule has 1 saturated carbocycles. The number of hydrogen-bond donors (Lipinski definition) is 1. The third-order valence-electron chi connectivity index (χ3n) is 4.47. The summed E-state index contributed by atoms with van der Waals surface area (Å²) in [6, 6.07) is 0. The van der Waals surface area contributed by atoms with Crippen molar-refractivity contribution >= 4 is 11.5 Å². The van der Waals surface area contributed by atoms with Crippen molar-refractivity contribution in [3.63, 3.8) is 0 Å². The van der Waals surface area contributed by atoms with E-state index in [0.717, 1.165) is 29.8 Å². The summed E-state index contributed by atoms with van der Waals surface area (Å²) in [7, 11) is 0. The Morgan fingerprint density at radius 1 is 1.29 bits per heavy atom. The van der Waals surface area contributed by atoms with Gasteiger partial charge in [0.15, 0.2) is 5.82 Å². The molecule has 0 aromatic carbocycles. The number of aromatic nitrogens is 2. The maximum atomic E-state index is 6.18. The van der Waals surface area contributed by atoms with Crippen LogP contribution in [0.3, 0.4) is 0 Å². The fourth-order valence-electron chi connectivity index (χ4n) is 3.55. The second-order valence-corrected chi connectivity index (χ2v) is 5.49. The minimum absolute atomic E-state index is 0.881. The molecule has 94 valence electrons. The molecule has 0 bridgehead atoms. The Balaban J connectivity index is 1.89. The van der Waals surface area contributed by atoms with Gasteiger partial charge in [0.05, 0.1) is 11.4 Å². The molecule has 1 aliphatic carbocycles. The predicted octanol–water partition coefficient (Wildman–Crippen LogP) is 2.03. The van der Waals surface area contributed by atoms with E-state index in [1.807, 2.05) is 6.92 Å². The molecule has 2 atom stereocenters. The molecule has 2 unspecified atom stereocenters. The van der Waals surface area contributed by atoms with E-state index in [0.29, 0.717) is 0 Å². The van der Waals surface area contributed by atoms with Crippen LogP contribution < -0.4 is 10.6 Å². The Hall–Kier alpha value is -1.19. The van der Waals surface area contributed by atoms with Crippen LogP contribution in [0.5, 0.6) is 0 Å². The first kappa shape index (κ1) is 10.9. The number of rotatable bonds is 2. The third-order valence-corrected chi connectivity index (χ3v) is 4.47. The van der Waals surface area contributed by atoms with Gasteiger partial charge in [-0.1, -0.05) is 6.42 Å². The largest absolute Gasteiger partial charge is 0.394 e. The SMILES string of the molecule is CCn1nc(C)c(N)c1N1CC2CCCC2C1. The lowest BCUT2D eigenvalue weighted by molar-refractivity contribution is 0.494. The van der Waals surface area contributed by atoms with Gasteiger partial charge in [-0.2, -0.15) is 5.10 Å². The fraction of sp³-hybridized carbons (Fsp3) is 0.769. The zero-order valence-corrected chi connectivity index (χ0v) is 10.8. The lowest BCUT2D eigenvalue weighted by atomic mass is 10.0. The average Bonchev–Trinajstić information content (AvgIpc) is 2.93. The average molecular weight is 234 g/mol. The summed E-state index contributed by atoms with van der Waals surface area (Å²) in [6.45, 7) is 7.40. The fourth-order valence-corrected chi connectivity index (χ4v) is 3.55. The van der Waals surface area contributed by atoms with E-state index in [-0.39, 0.29) is 0 Å². The number of nitrogen functional groups attached to an aromatic ring is 1. The Morgan fingerprint density at radius 2 is 1.94 bits per heavy atom. The predicted molar refractivity (Wildman–Crippen MR) is 70.1 cm³/mol. The monoisotopic (exact) mass is 234 g/mol. The molecule has 2 aliphatic rings. The highest BCUT2D eigenvalue weighted by atomic mass is 15.4. The van der Waals surface area contributed by atoms with E-state index in [2.05, 4.69) is 21.6 Å². The van der Waals surface area contributed by atoms with Gasteiger partial charge in [-0.3, -0.25) is 0 Å². The number of hydrogen-bond acceptors (Lipinski definition) is 3. The second-order valence-electron chi connectivity index (χ2n) is 5.49. The molecule has 1 aliphatic heterocycles. The summed E-state index contributed by atoms with van der Waals surface area (Å²) >= 11 is 0. The van der Waals surface area contributed by atoms with Gasteiger partial charge < -0.3 is 10.6 Å². The van der Waals surface area contributed by atoms with E-state index in [9.17, 15) is 0 Å². The van der Waals surface area contributed by atoms with Gasteiger partial charge in [-0.25, -0.2) is 4.68 Å². The molecule has 2 heterocycles. The maximum absolute atomic E-state index is 6.18. The first-order valence-corrected chi connectivity index (χ1v) is 6.78. The smallest absolute Gasteiger partial charge is 0.150 e. The summed E-state index contributed by atoms with van der Waals surface area (Å²) in [5, 5.41) is 4.52. The van der Waals surface area contributed by atoms with Crippen LogP contribution in [0.25, 0.3) is 0 Å². The Labute approximate surface area is 103 Å². The van der Waals surface area contributed by atoms with Crippen LogP contribution in [0, 0.1) is 18.8 Å². The summed E-state index contributed by atoms with van der Waals surface area (Å²) < 4.78 is 2.06. The van der Waals surface area contributed by atoms with Gasteiger partial charge in [0.2, 0.25) is 0 Å². The first-order chi connectivity index (χ1) is 8.20. The molecule has 4 nitrogen and oxygen atoms in total. The third kappa shape index (κ3) is 1.61. The maximum Gasteiger partial charge on any atom is 0.150 e. The van der Waals surface area contributed by atoms with Crippen molar-refractivity contribution in [1.82, 2.24) is 9.78 Å². The van der Waals surface area contributed by atoms with E-state index >= 15 is 0 Å². The molecule has 0 amide bonds. The van der Waals surface area contributed by atoms with E-state index in [1.165, 1.54) is 38.2 Å². The highest BCUT2D eigenvalue weighted by Crippen LogP contribution is 2.41. The van der Waals surface area contributed by atoms with E-state index in [1.54, 1.807) is 0 Å². The van der Waals surface area contributed by atoms with Crippen LogP contribution in [0.4, 0.5) is 11.5 Å². The molecule has 4 heteroatoms. The minimum atomic E-state index is 0.881. The molecule has 3 rings (SSSR count). The van der Waals surface area contributed by atoms with Gasteiger partial charge >= 0.3 is 0 Å². The van der Waals surface area contributed by atoms with Crippen LogP contribution >= 0.6 is 0 Å². The van der Waals surface area contributed by atoms with Gasteiger partial charge in [-0.05, 0) is 38.5 Å². The summed E-state index contributed by atoms with van der Waals surface area (Å²) in [6.07, 6.45) is 4.23. The van der Waals surface area contributed by atoms with Crippen molar-refractivity contribution in [2.24, 2.45) is 11.8 Å². The van der Waals surface area contributed by atoms with Crippen molar-refractivity contribution in [2.45, 2.75) is 39.7 Å². The number of anilines is 2. The van der Waals surface area contributed by atoms with E-state index in [4.69, 9.17) is 5.73 Å². The van der Waals surface area contributed by atoms with Gasteiger partial charge in [0, 0.05) is 19.6 Å². The molecule has 0 radical (unpaired) electrons. The quantitative estimate of drug-likeness (QED) is 0.851.